The normalized spacial score (nSPS) is 11.5. The molecule has 0 aromatic heterocycles. The van der Waals surface area contributed by atoms with Gasteiger partial charge in [-0.2, -0.15) is 0 Å². The first-order valence-corrected chi connectivity index (χ1v) is 6.26. The number of unbranched alkanes of at least 4 members (excludes halogenated alkanes) is 2. The van der Waals surface area contributed by atoms with Gasteiger partial charge in [0.05, 0.1) is 12.3 Å². The number of rotatable bonds is 7. The van der Waals surface area contributed by atoms with Crippen LogP contribution < -0.4 is 4.74 Å². The monoisotopic (exact) mass is 235 g/mol. The predicted octanol–water partition coefficient (Wildman–Crippen LogP) is 3.84. The standard InChI is InChI=1S/C14H21NO2/c1-3-5-8-11-17-14-10-7-6-9-12(14)13(4-2)15-16/h6-7,9-10,16H,3-5,8,11H2,1-2H3/b15-13+. The van der Waals surface area contributed by atoms with Gasteiger partial charge < -0.3 is 9.94 Å². The summed E-state index contributed by atoms with van der Waals surface area (Å²) >= 11 is 0. The minimum absolute atomic E-state index is 0.663. The quantitative estimate of drug-likeness (QED) is 0.337. The van der Waals surface area contributed by atoms with Gasteiger partial charge in [0.15, 0.2) is 0 Å². The lowest BCUT2D eigenvalue weighted by Gasteiger charge is -2.11. The van der Waals surface area contributed by atoms with Gasteiger partial charge in [0.1, 0.15) is 5.75 Å². The summed E-state index contributed by atoms with van der Waals surface area (Å²) in [5.41, 5.74) is 1.55. The summed E-state index contributed by atoms with van der Waals surface area (Å²) in [4.78, 5) is 0. The Bertz CT molecular complexity index is 361. The predicted molar refractivity (Wildman–Crippen MR) is 70.1 cm³/mol. The van der Waals surface area contributed by atoms with Gasteiger partial charge in [0.25, 0.3) is 0 Å². The summed E-state index contributed by atoms with van der Waals surface area (Å²) in [6, 6.07) is 7.70. The highest BCUT2D eigenvalue weighted by Crippen LogP contribution is 2.20. The summed E-state index contributed by atoms with van der Waals surface area (Å²) in [7, 11) is 0. The second kappa shape index (κ2) is 7.71. The molecule has 0 aliphatic carbocycles. The van der Waals surface area contributed by atoms with Crippen molar-refractivity contribution in [2.45, 2.75) is 39.5 Å². The molecule has 17 heavy (non-hydrogen) atoms. The van der Waals surface area contributed by atoms with Crippen LogP contribution in [0.1, 0.15) is 45.1 Å². The molecular weight excluding hydrogens is 214 g/mol. The van der Waals surface area contributed by atoms with Gasteiger partial charge in [-0.05, 0) is 25.0 Å². The second-order valence-corrected chi connectivity index (χ2v) is 3.95. The summed E-state index contributed by atoms with van der Waals surface area (Å²) in [5, 5.41) is 12.3. The van der Waals surface area contributed by atoms with Gasteiger partial charge in [0, 0.05) is 5.56 Å². The van der Waals surface area contributed by atoms with Crippen LogP contribution in [0, 0.1) is 0 Å². The SMILES string of the molecule is CCCCCOc1ccccc1/C(CC)=N/O. The van der Waals surface area contributed by atoms with E-state index in [0.29, 0.717) is 18.7 Å². The molecule has 0 fully saturated rings. The van der Waals surface area contributed by atoms with Gasteiger partial charge in [0.2, 0.25) is 0 Å². The zero-order valence-electron chi connectivity index (χ0n) is 10.6. The van der Waals surface area contributed by atoms with Crippen LogP contribution in [-0.2, 0) is 0 Å². The first kappa shape index (κ1) is 13.6. The molecule has 0 heterocycles. The minimum atomic E-state index is 0.663. The van der Waals surface area contributed by atoms with Crippen molar-refractivity contribution in [1.29, 1.82) is 0 Å². The molecule has 0 saturated heterocycles. The lowest BCUT2D eigenvalue weighted by molar-refractivity contribution is 0.303. The van der Waals surface area contributed by atoms with Crippen molar-refractivity contribution in [3.63, 3.8) is 0 Å². The first-order valence-electron chi connectivity index (χ1n) is 6.26. The van der Waals surface area contributed by atoms with Crippen LogP contribution in [0.3, 0.4) is 0 Å². The van der Waals surface area contributed by atoms with Crippen LogP contribution in [0.15, 0.2) is 29.4 Å². The number of hydrogen-bond acceptors (Lipinski definition) is 3. The molecule has 0 atom stereocenters. The number of ether oxygens (including phenoxy) is 1. The Hall–Kier alpha value is -1.51. The Morgan fingerprint density at radius 2 is 2.00 bits per heavy atom. The number of benzene rings is 1. The van der Waals surface area contributed by atoms with E-state index < -0.39 is 0 Å². The molecule has 0 bridgehead atoms. The molecule has 0 aliphatic heterocycles. The van der Waals surface area contributed by atoms with Gasteiger partial charge in [-0.25, -0.2) is 0 Å². The smallest absolute Gasteiger partial charge is 0.128 e. The molecule has 1 aromatic carbocycles. The maximum absolute atomic E-state index is 8.95. The number of hydrogen-bond donors (Lipinski definition) is 1. The Morgan fingerprint density at radius 3 is 2.65 bits per heavy atom. The van der Waals surface area contributed by atoms with Gasteiger partial charge in [-0.3, -0.25) is 0 Å². The Morgan fingerprint density at radius 1 is 1.24 bits per heavy atom. The highest BCUT2D eigenvalue weighted by atomic mass is 16.5. The van der Waals surface area contributed by atoms with Crippen molar-refractivity contribution < 1.29 is 9.94 Å². The van der Waals surface area contributed by atoms with E-state index in [1.54, 1.807) is 0 Å². The fourth-order valence-corrected chi connectivity index (χ4v) is 1.68. The van der Waals surface area contributed by atoms with Crippen LogP contribution >= 0.6 is 0 Å². The van der Waals surface area contributed by atoms with E-state index in [2.05, 4.69) is 12.1 Å². The van der Waals surface area contributed by atoms with E-state index in [-0.39, 0.29) is 0 Å². The number of oxime groups is 1. The Labute approximate surface area is 103 Å². The third kappa shape index (κ3) is 4.10. The first-order chi connectivity index (χ1) is 8.33. The summed E-state index contributed by atoms with van der Waals surface area (Å²) in [5.74, 6) is 0.804. The van der Waals surface area contributed by atoms with Crippen molar-refractivity contribution in [1.82, 2.24) is 0 Å². The lowest BCUT2D eigenvalue weighted by atomic mass is 10.1. The van der Waals surface area contributed by atoms with E-state index in [1.165, 1.54) is 12.8 Å². The topological polar surface area (TPSA) is 41.8 Å². The van der Waals surface area contributed by atoms with E-state index >= 15 is 0 Å². The van der Waals surface area contributed by atoms with Gasteiger partial charge in [-0.1, -0.05) is 44.0 Å². The van der Waals surface area contributed by atoms with Crippen LogP contribution in [0.2, 0.25) is 0 Å². The van der Waals surface area contributed by atoms with E-state index in [1.807, 2.05) is 31.2 Å². The average Bonchev–Trinajstić information content (AvgIpc) is 2.38. The molecule has 0 unspecified atom stereocenters. The highest BCUT2D eigenvalue weighted by molar-refractivity contribution is 6.02. The maximum Gasteiger partial charge on any atom is 0.128 e. The molecule has 1 aromatic rings. The van der Waals surface area contributed by atoms with Crippen LogP contribution in [0.4, 0.5) is 0 Å². The van der Waals surface area contributed by atoms with Crippen molar-refractivity contribution in [3.05, 3.63) is 29.8 Å². The summed E-state index contributed by atoms with van der Waals surface area (Å²) in [6.45, 7) is 4.84. The van der Waals surface area contributed by atoms with Crippen LogP contribution in [-0.4, -0.2) is 17.5 Å². The molecule has 1 rings (SSSR count). The van der Waals surface area contributed by atoms with Crippen molar-refractivity contribution in [3.8, 4) is 5.75 Å². The maximum atomic E-state index is 8.95. The molecule has 94 valence electrons. The molecule has 0 saturated carbocycles. The van der Waals surface area contributed by atoms with Gasteiger partial charge >= 0.3 is 0 Å². The van der Waals surface area contributed by atoms with E-state index in [9.17, 15) is 0 Å². The fraction of sp³-hybridized carbons (Fsp3) is 0.500. The van der Waals surface area contributed by atoms with E-state index in [4.69, 9.17) is 9.94 Å². The molecule has 3 heteroatoms. The zero-order valence-corrected chi connectivity index (χ0v) is 10.6. The zero-order chi connectivity index (χ0) is 12.5. The molecule has 0 radical (unpaired) electrons. The van der Waals surface area contributed by atoms with Crippen molar-refractivity contribution >= 4 is 5.71 Å². The van der Waals surface area contributed by atoms with Crippen LogP contribution in [0.25, 0.3) is 0 Å². The third-order valence-electron chi connectivity index (χ3n) is 2.66. The van der Waals surface area contributed by atoms with Crippen molar-refractivity contribution in [2.24, 2.45) is 5.16 Å². The summed E-state index contributed by atoms with van der Waals surface area (Å²) in [6.07, 6.45) is 4.11. The second-order valence-electron chi connectivity index (χ2n) is 3.95. The Balaban J connectivity index is 2.71. The van der Waals surface area contributed by atoms with E-state index in [0.717, 1.165) is 17.7 Å². The highest BCUT2D eigenvalue weighted by Gasteiger charge is 2.08. The summed E-state index contributed by atoms with van der Waals surface area (Å²) < 4.78 is 5.73. The average molecular weight is 235 g/mol. The lowest BCUT2D eigenvalue weighted by Crippen LogP contribution is -2.05. The molecule has 0 amide bonds. The number of nitrogens with zero attached hydrogens (tertiary/aromatic N) is 1. The largest absolute Gasteiger partial charge is 0.493 e. The van der Waals surface area contributed by atoms with Crippen LogP contribution in [0.5, 0.6) is 5.75 Å². The minimum Gasteiger partial charge on any atom is -0.493 e. The molecule has 1 N–H and O–H groups in total. The van der Waals surface area contributed by atoms with Gasteiger partial charge in [-0.15, -0.1) is 0 Å². The third-order valence-corrected chi connectivity index (χ3v) is 2.66. The molecule has 3 nitrogen and oxygen atoms in total. The van der Waals surface area contributed by atoms with Crippen molar-refractivity contribution in [2.75, 3.05) is 6.61 Å². The Kier molecular flexibility index (Phi) is 6.15. The molecular formula is C14H21NO2. The number of para-hydroxylation sites is 1. The molecule has 0 spiro atoms. The fourth-order valence-electron chi connectivity index (χ4n) is 1.68. The molecule has 0 aliphatic rings.